The van der Waals surface area contributed by atoms with Gasteiger partial charge in [-0.15, -0.1) is 0 Å². The van der Waals surface area contributed by atoms with Crippen LogP contribution in [-0.4, -0.2) is 46.8 Å². The molecule has 4 nitrogen and oxygen atoms in total. The Bertz CT molecular complexity index is 327. The van der Waals surface area contributed by atoms with Gasteiger partial charge in [-0.1, -0.05) is 26.2 Å². The third-order valence-corrected chi connectivity index (χ3v) is 4.71. The monoisotopic (exact) mass is 270 g/mol. The van der Waals surface area contributed by atoms with Crippen LogP contribution in [0.2, 0.25) is 0 Å². The number of thioether (sulfide) groups is 1. The standard InChI is InChI=1S/C13H22N2O2S/c1-2-18-9-8-15-10-11(16)14-13(12(15)17)6-4-3-5-7-13/h2-10H2,1H3,(H,14,16). The van der Waals surface area contributed by atoms with E-state index in [1.165, 1.54) is 6.42 Å². The van der Waals surface area contributed by atoms with Gasteiger partial charge >= 0.3 is 0 Å². The maximum Gasteiger partial charge on any atom is 0.248 e. The SMILES string of the molecule is CCSCCN1CC(=O)NC2(CCCCC2)C1=O. The molecule has 1 spiro atoms. The van der Waals surface area contributed by atoms with Crippen LogP contribution < -0.4 is 5.32 Å². The van der Waals surface area contributed by atoms with Crippen molar-refractivity contribution in [2.75, 3.05) is 24.6 Å². The Hall–Kier alpha value is -0.710. The maximum atomic E-state index is 12.5. The van der Waals surface area contributed by atoms with Gasteiger partial charge in [-0.05, 0) is 18.6 Å². The third kappa shape index (κ3) is 2.82. The fourth-order valence-electron chi connectivity index (χ4n) is 2.90. The second-order valence-electron chi connectivity index (χ2n) is 5.11. The molecular formula is C13H22N2O2S. The van der Waals surface area contributed by atoms with E-state index in [-0.39, 0.29) is 18.4 Å². The number of piperazine rings is 1. The number of carbonyl (C=O) groups is 2. The Morgan fingerprint density at radius 3 is 2.67 bits per heavy atom. The minimum atomic E-state index is -0.565. The van der Waals surface area contributed by atoms with Gasteiger partial charge in [0.15, 0.2) is 0 Å². The molecular weight excluding hydrogens is 248 g/mol. The Morgan fingerprint density at radius 1 is 1.28 bits per heavy atom. The van der Waals surface area contributed by atoms with Crippen LogP contribution in [0, 0.1) is 0 Å². The van der Waals surface area contributed by atoms with Gasteiger partial charge in [0.1, 0.15) is 5.54 Å². The normalized spacial score (nSPS) is 23.3. The first-order valence-electron chi connectivity index (χ1n) is 6.86. The molecule has 1 aliphatic carbocycles. The molecule has 0 aromatic rings. The predicted octanol–water partition coefficient (Wildman–Crippen LogP) is 1.40. The zero-order chi connectivity index (χ0) is 13.0. The summed E-state index contributed by atoms with van der Waals surface area (Å²) in [6, 6.07) is 0. The van der Waals surface area contributed by atoms with Crippen molar-refractivity contribution in [3.8, 4) is 0 Å². The molecule has 1 heterocycles. The molecule has 18 heavy (non-hydrogen) atoms. The lowest BCUT2D eigenvalue weighted by Crippen LogP contribution is -2.67. The lowest BCUT2D eigenvalue weighted by Gasteiger charge is -2.44. The Morgan fingerprint density at radius 2 is 2.00 bits per heavy atom. The van der Waals surface area contributed by atoms with Crippen molar-refractivity contribution >= 4 is 23.6 Å². The van der Waals surface area contributed by atoms with E-state index in [4.69, 9.17) is 0 Å². The molecule has 1 saturated carbocycles. The summed E-state index contributed by atoms with van der Waals surface area (Å²) in [7, 11) is 0. The first-order chi connectivity index (χ1) is 8.68. The van der Waals surface area contributed by atoms with Crippen molar-refractivity contribution in [2.45, 2.75) is 44.6 Å². The maximum absolute atomic E-state index is 12.5. The zero-order valence-electron chi connectivity index (χ0n) is 11.0. The molecule has 0 aromatic heterocycles. The first-order valence-corrected chi connectivity index (χ1v) is 8.01. The molecule has 2 rings (SSSR count). The predicted molar refractivity (Wildman–Crippen MR) is 73.5 cm³/mol. The summed E-state index contributed by atoms with van der Waals surface area (Å²) < 4.78 is 0. The number of nitrogens with zero attached hydrogens (tertiary/aromatic N) is 1. The van der Waals surface area contributed by atoms with E-state index in [9.17, 15) is 9.59 Å². The molecule has 102 valence electrons. The summed E-state index contributed by atoms with van der Waals surface area (Å²) in [4.78, 5) is 26.1. The van der Waals surface area contributed by atoms with Gasteiger partial charge in [0.05, 0.1) is 6.54 Å². The van der Waals surface area contributed by atoms with Crippen LogP contribution >= 0.6 is 11.8 Å². The lowest BCUT2D eigenvalue weighted by molar-refractivity contribution is -0.151. The number of carbonyl (C=O) groups excluding carboxylic acids is 2. The van der Waals surface area contributed by atoms with Gasteiger partial charge < -0.3 is 10.2 Å². The highest BCUT2D eigenvalue weighted by Crippen LogP contribution is 2.31. The third-order valence-electron chi connectivity index (χ3n) is 3.83. The number of rotatable bonds is 4. The minimum Gasteiger partial charge on any atom is -0.340 e. The van der Waals surface area contributed by atoms with Crippen molar-refractivity contribution in [3.63, 3.8) is 0 Å². The van der Waals surface area contributed by atoms with Crippen LogP contribution in [0.15, 0.2) is 0 Å². The Labute approximate surface area is 113 Å². The second kappa shape index (κ2) is 5.95. The molecule has 0 unspecified atom stereocenters. The lowest BCUT2D eigenvalue weighted by atomic mass is 9.79. The van der Waals surface area contributed by atoms with Crippen molar-refractivity contribution in [3.05, 3.63) is 0 Å². The van der Waals surface area contributed by atoms with E-state index in [1.807, 2.05) is 11.8 Å². The largest absolute Gasteiger partial charge is 0.340 e. The molecule has 0 radical (unpaired) electrons. The molecule has 5 heteroatoms. The van der Waals surface area contributed by atoms with E-state index in [2.05, 4.69) is 12.2 Å². The molecule has 2 amide bonds. The highest BCUT2D eigenvalue weighted by Gasteiger charge is 2.46. The van der Waals surface area contributed by atoms with Crippen LogP contribution in [0.4, 0.5) is 0 Å². The number of nitrogens with one attached hydrogen (secondary N) is 1. The molecule has 0 aromatic carbocycles. The van der Waals surface area contributed by atoms with Crippen LogP contribution in [0.5, 0.6) is 0 Å². The van der Waals surface area contributed by atoms with Gasteiger partial charge in [-0.25, -0.2) is 0 Å². The smallest absolute Gasteiger partial charge is 0.248 e. The van der Waals surface area contributed by atoms with Crippen LogP contribution in [0.25, 0.3) is 0 Å². The van der Waals surface area contributed by atoms with Crippen molar-refractivity contribution in [2.24, 2.45) is 0 Å². The molecule has 1 saturated heterocycles. The van der Waals surface area contributed by atoms with Gasteiger partial charge in [0.25, 0.3) is 0 Å². The number of hydrogen-bond acceptors (Lipinski definition) is 3. The number of amides is 2. The summed E-state index contributed by atoms with van der Waals surface area (Å²) in [6.45, 7) is 3.05. The van der Waals surface area contributed by atoms with Gasteiger partial charge in [0, 0.05) is 12.3 Å². The Balaban J connectivity index is 2.03. The van der Waals surface area contributed by atoms with E-state index >= 15 is 0 Å². The highest BCUT2D eigenvalue weighted by atomic mass is 32.2. The molecule has 1 aliphatic heterocycles. The average molecular weight is 270 g/mol. The second-order valence-corrected chi connectivity index (χ2v) is 6.51. The average Bonchev–Trinajstić information content (AvgIpc) is 2.36. The Kier molecular flexibility index (Phi) is 4.54. The molecule has 1 N–H and O–H groups in total. The van der Waals surface area contributed by atoms with Crippen LogP contribution in [0.3, 0.4) is 0 Å². The fourth-order valence-corrected chi connectivity index (χ4v) is 3.54. The molecule has 0 bridgehead atoms. The topological polar surface area (TPSA) is 49.4 Å². The van der Waals surface area contributed by atoms with Crippen molar-refractivity contribution < 1.29 is 9.59 Å². The number of hydrogen-bond donors (Lipinski definition) is 1. The van der Waals surface area contributed by atoms with E-state index in [0.717, 1.165) is 37.2 Å². The van der Waals surface area contributed by atoms with Gasteiger partial charge in [-0.2, -0.15) is 11.8 Å². The molecule has 2 fully saturated rings. The van der Waals surface area contributed by atoms with Crippen molar-refractivity contribution in [1.29, 1.82) is 0 Å². The quantitative estimate of drug-likeness (QED) is 0.786. The molecule has 0 atom stereocenters. The van der Waals surface area contributed by atoms with E-state index in [1.54, 1.807) is 4.90 Å². The van der Waals surface area contributed by atoms with Crippen molar-refractivity contribution in [1.82, 2.24) is 10.2 Å². The minimum absolute atomic E-state index is 0.0120. The summed E-state index contributed by atoms with van der Waals surface area (Å²) in [6.07, 6.45) is 4.90. The summed E-state index contributed by atoms with van der Waals surface area (Å²) in [5.74, 6) is 2.14. The van der Waals surface area contributed by atoms with Crippen LogP contribution in [-0.2, 0) is 9.59 Å². The summed E-state index contributed by atoms with van der Waals surface area (Å²) in [5.41, 5.74) is -0.565. The van der Waals surface area contributed by atoms with E-state index in [0.29, 0.717) is 6.54 Å². The zero-order valence-corrected chi connectivity index (χ0v) is 11.9. The summed E-state index contributed by atoms with van der Waals surface area (Å²) >= 11 is 1.81. The highest BCUT2D eigenvalue weighted by molar-refractivity contribution is 7.99. The summed E-state index contributed by atoms with van der Waals surface area (Å²) in [5, 5.41) is 2.96. The van der Waals surface area contributed by atoms with Crippen LogP contribution in [0.1, 0.15) is 39.0 Å². The molecule has 2 aliphatic rings. The van der Waals surface area contributed by atoms with Gasteiger partial charge in [0.2, 0.25) is 11.8 Å². The fraction of sp³-hybridized carbons (Fsp3) is 0.846. The van der Waals surface area contributed by atoms with Gasteiger partial charge in [-0.3, -0.25) is 9.59 Å². The first kappa shape index (κ1) is 13.7. The van der Waals surface area contributed by atoms with E-state index < -0.39 is 5.54 Å².